The zero-order valence-electron chi connectivity index (χ0n) is 12.1. The molecule has 116 valence electrons. The van der Waals surface area contributed by atoms with Crippen molar-refractivity contribution in [2.24, 2.45) is 0 Å². The first-order valence-electron chi connectivity index (χ1n) is 7.08. The van der Waals surface area contributed by atoms with Crippen LogP contribution < -0.4 is 0 Å². The van der Waals surface area contributed by atoms with E-state index in [4.69, 9.17) is 9.84 Å². The van der Waals surface area contributed by atoms with Gasteiger partial charge in [-0.2, -0.15) is 0 Å². The minimum Gasteiger partial charge on any atom is -0.394 e. The van der Waals surface area contributed by atoms with Crippen LogP contribution in [0.25, 0.3) is 0 Å². The molecule has 0 spiro atoms. The molecule has 1 amide bonds. The Kier molecular flexibility index (Phi) is 6.38. The zero-order valence-corrected chi connectivity index (χ0v) is 12.9. The Morgan fingerprint density at radius 3 is 3.19 bits per heavy atom. The molecule has 1 aliphatic rings. The third-order valence-electron chi connectivity index (χ3n) is 3.41. The van der Waals surface area contributed by atoms with Gasteiger partial charge in [0.05, 0.1) is 32.4 Å². The molecular weight excluding hydrogens is 288 g/mol. The van der Waals surface area contributed by atoms with Gasteiger partial charge in [-0.25, -0.2) is 0 Å². The highest BCUT2D eigenvalue weighted by atomic mass is 32.1. The summed E-state index contributed by atoms with van der Waals surface area (Å²) in [5.74, 6) is 0.0851. The van der Waals surface area contributed by atoms with E-state index in [1.165, 1.54) is 4.88 Å². The summed E-state index contributed by atoms with van der Waals surface area (Å²) in [6, 6.07) is 4.02. The topological polar surface area (TPSA) is 53.0 Å². The molecule has 1 aromatic heterocycles. The van der Waals surface area contributed by atoms with E-state index in [9.17, 15) is 4.79 Å². The molecule has 1 atom stereocenters. The SMILES string of the molecule is C=CCN(Cc1cccs1)C(=O)CN1CCOC(CO)C1. The van der Waals surface area contributed by atoms with Gasteiger partial charge in [-0.15, -0.1) is 17.9 Å². The first-order chi connectivity index (χ1) is 10.2. The Morgan fingerprint density at radius 2 is 2.52 bits per heavy atom. The first-order valence-corrected chi connectivity index (χ1v) is 7.96. The van der Waals surface area contributed by atoms with E-state index in [2.05, 4.69) is 6.58 Å². The molecule has 1 unspecified atom stereocenters. The minimum absolute atomic E-state index is 0.00371. The molecule has 21 heavy (non-hydrogen) atoms. The van der Waals surface area contributed by atoms with E-state index in [-0.39, 0.29) is 18.6 Å². The number of aliphatic hydroxyl groups excluding tert-OH is 1. The van der Waals surface area contributed by atoms with E-state index in [0.29, 0.717) is 32.8 Å². The van der Waals surface area contributed by atoms with E-state index in [0.717, 1.165) is 6.54 Å². The number of carbonyl (C=O) groups is 1. The van der Waals surface area contributed by atoms with Crippen LogP contribution in [0, 0.1) is 0 Å². The van der Waals surface area contributed by atoms with Gasteiger partial charge in [0, 0.05) is 24.5 Å². The maximum absolute atomic E-state index is 12.5. The predicted octanol–water partition coefficient (Wildman–Crippen LogP) is 0.956. The zero-order chi connectivity index (χ0) is 15.1. The molecule has 0 aromatic carbocycles. The summed E-state index contributed by atoms with van der Waals surface area (Å²) in [7, 11) is 0. The van der Waals surface area contributed by atoms with Crippen molar-refractivity contribution in [2.75, 3.05) is 39.4 Å². The molecule has 1 N–H and O–H groups in total. The van der Waals surface area contributed by atoms with Crippen LogP contribution in [0.15, 0.2) is 30.2 Å². The van der Waals surface area contributed by atoms with Crippen LogP contribution in [0.3, 0.4) is 0 Å². The third kappa shape index (κ3) is 4.93. The van der Waals surface area contributed by atoms with Gasteiger partial charge >= 0.3 is 0 Å². The van der Waals surface area contributed by atoms with E-state index in [1.54, 1.807) is 17.4 Å². The van der Waals surface area contributed by atoms with Crippen LogP contribution >= 0.6 is 11.3 Å². The highest BCUT2D eigenvalue weighted by Crippen LogP contribution is 2.13. The number of ether oxygens (including phenoxy) is 1. The number of aliphatic hydroxyl groups is 1. The van der Waals surface area contributed by atoms with Gasteiger partial charge < -0.3 is 14.7 Å². The highest BCUT2D eigenvalue weighted by molar-refractivity contribution is 7.09. The summed E-state index contributed by atoms with van der Waals surface area (Å²) < 4.78 is 5.40. The molecule has 0 bridgehead atoms. The van der Waals surface area contributed by atoms with Crippen molar-refractivity contribution in [3.8, 4) is 0 Å². The van der Waals surface area contributed by atoms with E-state index >= 15 is 0 Å². The fourth-order valence-electron chi connectivity index (χ4n) is 2.33. The second kappa shape index (κ2) is 8.29. The second-order valence-electron chi connectivity index (χ2n) is 5.05. The molecule has 1 aliphatic heterocycles. The Bertz CT molecular complexity index is 450. The highest BCUT2D eigenvalue weighted by Gasteiger charge is 2.23. The Hall–Kier alpha value is -1.21. The maximum Gasteiger partial charge on any atom is 0.237 e. The average Bonchev–Trinajstić information content (AvgIpc) is 3.00. The van der Waals surface area contributed by atoms with Crippen molar-refractivity contribution in [1.29, 1.82) is 0 Å². The normalized spacial score (nSPS) is 19.4. The van der Waals surface area contributed by atoms with Crippen molar-refractivity contribution in [3.05, 3.63) is 35.0 Å². The lowest BCUT2D eigenvalue weighted by atomic mass is 10.2. The number of carbonyl (C=O) groups excluding carboxylic acids is 1. The summed E-state index contributed by atoms with van der Waals surface area (Å²) in [5.41, 5.74) is 0. The summed E-state index contributed by atoms with van der Waals surface area (Å²) >= 11 is 1.65. The lowest BCUT2D eigenvalue weighted by Gasteiger charge is -2.33. The maximum atomic E-state index is 12.5. The minimum atomic E-state index is -0.184. The molecule has 6 heteroatoms. The number of thiophene rings is 1. The predicted molar refractivity (Wildman–Crippen MR) is 83.2 cm³/mol. The van der Waals surface area contributed by atoms with Crippen molar-refractivity contribution in [1.82, 2.24) is 9.80 Å². The molecule has 5 nitrogen and oxygen atoms in total. The molecule has 2 rings (SSSR count). The molecule has 0 saturated carbocycles. The Labute approximate surface area is 129 Å². The number of rotatable bonds is 7. The van der Waals surface area contributed by atoms with Crippen LogP contribution in [-0.2, 0) is 16.1 Å². The molecule has 0 radical (unpaired) electrons. The van der Waals surface area contributed by atoms with Gasteiger partial charge in [-0.3, -0.25) is 9.69 Å². The van der Waals surface area contributed by atoms with Crippen molar-refractivity contribution < 1.29 is 14.6 Å². The lowest BCUT2D eigenvalue weighted by Crippen LogP contribution is -2.48. The smallest absolute Gasteiger partial charge is 0.237 e. The lowest BCUT2D eigenvalue weighted by molar-refractivity contribution is -0.135. The van der Waals surface area contributed by atoms with Gasteiger partial charge in [-0.05, 0) is 11.4 Å². The van der Waals surface area contributed by atoms with Crippen LogP contribution in [0.4, 0.5) is 0 Å². The fraction of sp³-hybridized carbons (Fsp3) is 0.533. The molecular formula is C15H22N2O3S. The van der Waals surface area contributed by atoms with Crippen LogP contribution in [0.5, 0.6) is 0 Å². The van der Waals surface area contributed by atoms with Crippen molar-refractivity contribution in [3.63, 3.8) is 0 Å². The van der Waals surface area contributed by atoms with E-state index < -0.39 is 0 Å². The number of nitrogens with zero attached hydrogens (tertiary/aromatic N) is 2. The Morgan fingerprint density at radius 1 is 1.67 bits per heavy atom. The van der Waals surface area contributed by atoms with Gasteiger partial charge in [0.2, 0.25) is 5.91 Å². The number of hydrogen-bond donors (Lipinski definition) is 1. The van der Waals surface area contributed by atoms with Gasteiger partial charge in [-0.1, -0.05) is 12.1 Å². The number of morpholine rings is 1. The molecule has 2 heterocycles. The van der Waals surface area contributed by atoms with Gasteiger partial charge in [0.1, 0.15) is 0 Å². The molecule has 1 aromatic rings. The summed E-state index contributed by atoms with van der Waals surface area (Å²) in [6.45, 7) is 7.14. The van der Waals surface area contributed by atoms with Crippen molar-refractivity contribution in [2.45, 2.75) is 12.6 Å². The molecule has 1 saturated heterocycles. The summed E-state index contributed by atoms with van der Waals surface area (Å²) in [5, 5.41) is 11.2. The monoisotopic (exact) mass is 310 g/mol. The van der Waals surface area contributed by atoms with Crippen LogP contribution in [0.2, 0.25) is 0 Å². The van der Waals surface area contributed by atoms with Crippen molar-refractivity contribution >= 4 is 17.2 Å². The third-order valence-corrected chi connectivity index (χ3v) is 4.28. The van der Waals surface area contributed by atoms with Gasteiger partial charge in [0.25, 0.3) is 0 Å². The Balaban J connectivity index is 1.90. The van der Waals surface area contributed by atoms with Gasteiger partial charge in [0.15, 0.2) is 0 Å². The van der Waals surface area contributed by atoms with Crippen LogP contribution in [-0.4, -0.2) is 66.3 Å². The summed E-state index contributed by atoms with van der Waals surface area (Å²) in [4.78, 5) is 17.5. The standard InChI is InChI=1S/C15H22N2O3S/c1-2-5-17(10-14-4-3-8-21-14)15(19)11-16-6-7-20-13(9-16)12-18/h2-4,8,13,18H,1,5-7,9-12H2. The quantitative estimate of drug-likeness (QED) is 0.762. The summed E-state index contributed by atoms with van der Waals surface area (Å²) in [6.07, 6.45) is 1.57. The number of hydrogen-bond acceptors (Lipinski definition) is 5. The molecule has 0 aliphatic carbocycles. The number of amides is 1. The second-order valence-corrected chi connectivity index (χ2v) is 6.09. The van der Waals surface area contributed by atoms with Crippen LogP contribution in [0.1, 0.15) is 4.88 Å². The average molecular weight is 310 g/mol. The largest absolute Gasteiger partial charge is 0.394 e. The van der Waals surface area contributed by atoms with E-state index in [1.807, 2.05) is 27.3 Å². The first kappa shape index (κ1) is 16.2. The fourth-order valence-corrected chi connectivity index (χ4v) is 3.05. The molecule has 1 fully saturated rings.